The number of amides is 2. The zero-order valence-corrected chi connectivity index (χ0v) is 15.7. The summed E-state index contributed by atoms with van der Waals surface area (Å²) in [5.41, 5.74) is 5.35. The Labute approximate surface area is 164 Å². The Hall–Kier alpha value is -3.26. The molecule has 0 saturated carbocycles. The monoisotopic (exact) mass is 425 g/mol. The molecule has 0 fully saturated rings. The highest BCUT2D eigenvalue weighted by molar-refractivity contribution is 9.10. The Morgan fingerprint density at radius 1 is 1.15 bits per heavy atom. The Kier molecular flexibility index (Phi) is 6.11. The van der Waals surface area contributed by atoms with Crippen molar-refractivity contribution in [1.29, 1.82) is 0 Å². The Morgan fingerprint density at radius 2 is 1.96 bits per heavy atom. The van der Waals surface area contributed by atoms with Gasteiger partial charge in [-0.1, -0.05) is 52.3 Å². The molecule has 27 heavy (non-hydrogen) atoms. The van der Waals surface area contributed by atoms with Crippen molar-refractivity contribution in [2.75, 3.05) is 6.54 Å². The van der Waals surface area contributed by atoms with Crippen LogP contribution < -0.4 is 10.7 Å². The molecular weight excluding hydrogens is 410 g/mol. The lowest BCUT2D eigenvalue weighted by molar-refractivity contribution is -0.120. The summed E-state index contributed by atoms with van der Waals surface area (Å²) in [5, 5.41) is 13.4. The van der Waals surface area contributed by atoms with Gasteiger partial charge in [0.15, 0.2) is 0 Å². The van der Waals surface area contributed by atoms with E-state index in [4.69, 9.17) is 0 Å². The molecule has 0 radical (unpaired) electrons. The van der Waals surface area contributed by atoms with Gasteiger partial charge in [-0.3, -0.25) is 14.7 Å². The minimum atomic E-state index is -0.431. The fraction of sp³-hybridized carbons (Fsp3) is 0.0526. The predicted molar refractivity (Wildman–Crippen MR) is 106 cm³/mol. The number of halogens is 1. The number of hydrogen-bond donors (Lipinski definition) is 3. The van der Waals surface area contributed by atoms with Gasteiger partial charge in [0.25, 0.3) is 11.8 Å². The molecule has 0 aliphatic carbocycles. The Balaban J connectivity index is 1.53. The highest BCUT2D eigenvalue weighted by Crippen LogP contribution is 2.18. The summed E-state index contributed by atoms with van der Waals surface area (Å²) in [7, 11) is 0. The van der Waals surface area contributed by atoms with Crippen LogP contribution in [0.2, 0.25) is 0 Å². The SMILES string of the molecule is O=C(CNC(=O)c1cccc(Br)c1)N/N=C\c1cn[nH]c1-c1ccccc1. The minimum absolute atomic E-state index is 0.181. The molecule has 0 saturated heterocycles. The van der Waals surface area contributed by atoms with E-state index in [0.29, 0.717) is 5.56 Å². The van der Waals surface area contributed by atoms with E-state index in [1.807, 2.05) is 36.4 Å². The number of hydrazone groups is 1. The van der Waals surface area contributed by atoms with Gasteiger partial charge in [-0.15, -0.1) is 0 Å². The highest BCUT2D eigenvalue weighted by atomic mass is 79.9. The van der Waals surface area contributed by atoms with Crippen LogP contribution in [-0.2, 0) is 4.79 Å². The van der Waals surface area contributed by atoms with Crippen LogP contribution >= 0.6 is 15.9 Å². The second kappa shape index (κ2) is 8.91. The van der Waals surface area contributed by atoms with Gasteiger partial charge < -0.3 is 5.32 Å². The van der Waals surface area contributed by atoms with Crippen molar-refractivity contribution in [2.24, 2.45) is 5.10 Å². The second-order valence-corrected chi connectivity index (χ2v) is 6.47. The lowest BCUT2D eigenvalue weighted by Crippen LogP contribution is -2.34. The smallest absolute Gasteiger partial charge is 0.259 e. The van der Waals surface area contributed by atoms with E-state index in [1.165, 1.54) is 6.21 Å². The molecule has 0 aliphatic heterocycles. The largest absolute Gasteiger partial charge is 0.343 e. The Bertz CT molecular complexity index is 969. The van der Waals surface area contributed by atoms with Crippen LogP contribution in [0, 0.1) is 0 Å². The van der Waals surface area contributed by atoms with Gasteiger partial charge in [-0.25, -0.2) is 5.43 Å². The number of hydrogen-bond acceptors (Lipinski definition) is 4. The van der Waals surface area contributed by atoms with Crippen molar-refractivity contribution in [3.63, 3.8) is 0 Å². The minimum Gasteiger partial charge on any atom is -0.343 e. The molecule has 8 heteroatoms. The van der Waals surface area contributed by atoms with Crippen LogP contribution in [0.4, 0.5) is 0 Å². The van der Waals surface area contributed by atoms with Crippen molar-refractivity contribution in [1.82, 2.24) is 20.9 Å². The van der Waals surface area contributed by atoms with Gasteiger partial charge in [0.2, 0.25) is 0 Å². The topological polar surface area (TPSA) is 99.2 Å². The molecule has 136 valence electrons. The summed E-state index contributed by atoms with van der Waals surface area (Å²) >= 11 is 3.30. The second-order valence-electron chi connectivity index (χ2n) is 5.55. The molecule has 1 heterocycles. The van der Waals surface area contributed by atoms with Crippen LogP contribution in [0.1, 0.15) is 15.9 Å². The quantitative estimate of drug-likeness (QED) is 0.418. The van der Waals surface area contributed by atoms with Gasteiger partial charge in [0.05, 0.1) is 24.7 Å². The molecule has 0 unspecified atom stereocenters. The fourth-order valence-electron chi connectivity index (χ4n) is 2.34. The lowest BCUT2D eigenvalue weighted by Gasteiger charge is -2.04. The molecule has 3 rings (SSSR count). The lowest BCUT2D eigenvalue weighted by atomic mass is 10.1. The molecule has 0 atom stereocenters. The normalized spacial score (nSPS) is 10.7. The maximum atomic E-state index is 12.0. The van der Waals surface area contributed by atoms with Crippen LogP contribution in [-0.4, -0.2) is 34.8 Å². The van der Waals surface area contributed by atoms with E-state index in [9.17, 15) is 9.59 Å². The molecule has 0 spiro atoms. The van der Waals surface area contributed by atoms with Crippen molar-refractivity contribution in [3.05, 3.63) is 76.4 Å². The van der Waals surface area contributed by atoms with Gasteiger partial charge >= 0.3 is 0 Å². The zero-order valence-electron chi connectivity index (χ0n) is 14.1. The third-order valence-corrected chi connectivity index (χ3v) is 4.11. The third kappa shape index (κ3) is 5.11. The maximum Gasteiger partial charge on any atom is 0.259 e. The first-order chi connectivity index (χ1) is 13.1. The standard InChI is InChI=1S/C19H16BrN5O2/c20-16-8-4-7-14(9-16)19(27)21-12-17(26)24-22-10-15-11-23-25-18(15)13-5-2-1-3-6-13/h1-11H,12H2,(H,21,27)(H,23,25)(H,24,26)/b22-10-. The van der Waals surface area contributed by atoms with E-state index < -0.39 is 5.91 Å². The third-order valence-electron chi connectivity index (χ3n) is 3.62. The summed E-state index contributed by atoms with van der Waals surface area (Å²) in [6, 6.07) is 16.6. The first kappa shape index (κ1) is 18.5. The molecule has 2 amide bonds. The summed E-state index contributed by atoms with van der Waals surface area (Å²) in [6.07, 6.45) is 3.12. The summed E-state index contributed by atoms with van der Waals surface area (Å²) < 4.78 is 0.790. The van der Waals surface area contributed by atoms with E-state index in [1.54, 1.807) is 24.4 Å². The fourth-order valence-corrected chi connectivity index (χ4v) is 2.73. The van der Waals surface area contributed by atoms with Crippen molar-refractivity contribution < 1.29 is 9.59 Å². The Morgan fingerprint density at radius 3 is 2.74 bits per heavy atom. The maximum absolute atomic E-state index is 12.0. The number of aromatic nitrogens is 2. The first-order valence-corrected chi connectivity index (χ1v) is 8.87. The van der Waals surface area contributed by atoms with Gasteiger partial charge in [0.1, 0.15) is 0 Å². The number of carbonyl (C=O) groups is 2. The summed E-state index contributed by atoms with van der Waals surface area (Å²) in [5.74, 6) is -0.768. The molecule has 2 aromatic carbocycles. The number of nitrogens with zero attached hydrogens (tertiary/aromatic N) is 2. The number of rotatable bonds is 6. The van der Waals surface area contributed by atoms with Gasteiger partial charge in [-0.2, -0.15) is 10.2 Å². The number of H-pyrrole nitrogens is 1. The number of aromatic amines is 1. The average Bonchev–Trinajstić information content (AvgIpc) is 3.15. The molecule has 7 nitrogen and oxygen atoms in total. The van der Waals surface area contributed by atoms with Crippen LogP contribution in [0.25, 0.3) is 11.3 Å². The van der Waals surface area contributed by atoms with Gasteiger partial charge in [-0.05, 0) is 18.2 Å². The molecule has 0 bridgehead atoms. The highest BCUT2D eigenvalue weighted by Gasteiger charge is 2.08. The van der Waals surface area contributed by atoms with Crippen LogP contribution in [0.3, 0.4) is 0 Å². The number of carbonyl (C=O) groups excluding carboxylic acids is 2. The van der Waals surface area contributed by atoms with Crippen LogP contribution in [0.15, 0.2) is 70.4 Å². The summed E-state index contributed by atoms with van der Waals surface area (Å²) in [6.45, 7) is -0.181. The molecule has 3 N–H and O–H groups in total. The van der Waals surface area contributed by atoms with E-state index >= 15 is 0 Å². The molecule has 1 aromatic heterocycles. The van der Waals surface area contributed by atoms with E-state index in [-0.39, 0.29) is 12.5 Å². The van der Waals surface area contributed by atoms with Crippen molar-refractivity contribution >= 4 is 34.0 Å². The predicted octanol–water partition coefficient (Wildman–Crippen LogP) is 2.72. The van der Waals surface area contributed by atoms with Crippen molar-refractivity contribution in [2.45, 2.75) is 0 Å². The summed E-state index contributed by atoms with van der Waals surface area (Å²) in [4.78, 5) is 23.9. The van der Waals surface area contributed by atoms with Crippen LogP contribution in [0.5, 0.6) is 0 Å². The zero-order chi connectivity index (χ0) is 19.1. The van der Waals surface area contributed by atoms with E-state index in [0.717, 1.165) is 21.3 Å². The molecular formula is C19H16BrN5O2. The van der Waals surface area contributed by atoms with Crippen molar-refractivity contribution in [3.8, 4) is 11.3 Å². The average molecular weight is 426 g/mol. The first-order valence-electron chi connectivity index (χ1n) is 8.08. The molecule has 0 aliphatic rings. The number of benzene rings is 2. The van der Waals surface area contributed by atoms with Gasteiger partial charge in [0, 0.05) is 21.2 Å². The molecule has 3 aromatic rings. The number of nitrogens with one attached hydrogen (secondary N) is 3. The van der Waals surface area contributed by atoms with E-state index in [2.05, 4.69) is 42.0 Å².